The van der Waals surface area contributed by atoms with Crippen molar-refractivity contribution in [1.29, 1.82) is 0 Å². The quantitative estimate of drug-likeness (QED) is 0.287. The van der Waals surface area contributed by atoms with Crippen molar-refractivity contribution in [2.45, 2.75) is 0 Å². The van der Waals surface area contributed by atoms with E-state index in [4.69, 9.17) is 10.6 Å². The van der Waals surface area contributed by atoms with Crippen LogP contribution in [0.2, 0.25) is 0 Å². The second-order valence-electron chi connectivity index (χ2n) is 4.69. The van der Waals surface area contributed by atoms with Gasteiger partial charge in [-0.25, -0.2) is 5.84 Å². The molecule has 0 heterocycles. The number of benzene rings is 2. The average molecular weight is 328 g/mol. The molecule has 124 valence electrons. The van der Waals surface area contributed by atoms with Crippen molar-refractivity contribution in [3.05, 3.63) is 54.1 Å². The molecule has 0 unspecified atom stereocenters. The van der Waals surface area contributed by atoms with Gasteiger partial charge in [0, 0.05) is 16.9 Å². The summed E-state index contributed by atoms with van der Waals surface area (Å²) in [5.74, 6) is 3.56. The maximum absolute atomic E-state index is 11.9. The minimum atomic E-state index is -0.832. The van der Waals surface area contributed by atoms with Crippen LogP contribution in [0.25, 0.3) is 0 Å². The standard InChI is InChI=1S/C16H16N4O4/c1-24-13-8-6-12(7-9-13)19-16(23)15(22)18-11-4-2-10(3-5-11)14(21)20-17/h2-9H,17H2,1H3,(H,18,22)(H,19,23)(H,20,21). The number of carbonyl (C=O) groups is 3. The molecule has 8 heteroatoms. The van der Waals surface area contributed by atoms with Gasteiger partial charge in [-0.3, -0.25) is 19.8 Å². The molecule has 5 N–H and O–H groups in total. The molecule has 3 amide bonds. The molecule has 2 aromatic rings. The summed E-state index contributed by atoms with van der Waals surface area (Å²) in [6.07, 6.45) is 0. The zero-order valence-corrected chi connectivity index (χ0v) is 12.8. The van der Waals surface area contributed by atoms with Crippen LogP contribution in [-0.4, -0.2) is 24.8 Å². The van der Waals surface area contributed by atoms with Gasteiger partial charge in [-0.05, 0) is 48.5 Å². The fraction of sp³-hybridized carbons (Fsp3) is 0.0625. The number of ether oxygens (including phenoxy) is 1. The van der Waals surface area contributed by atoms with Crippen LogP contribution in [0.4, 0.5) is 11.4 Å². The summed E-state index contributed by atoms with van der Waals surface area (Å²) in [6, 6.07) is 12.5. The Morgan fingerprint density at radius 1 is 0.833 bits per heavy atom. The Labute approximate surface area is 138 Å². The van der Waals surface area contributed by atoms with Crippen LogP contribution in [0.3, 0.4) is 0 Å². The molecule has 2 aromatic carbocycles. The van der Waals surface area contributed by atoms with E-state index in [1.54, 1.807) is 24.3 Å². The second kappa shape index (κ2) is 7.75. The Balaban J connectivity index is 1.95. The van der Waals surface area contributed by atoms with Crippen molar-refractivity contribution in [3.63, 3.8) is 0 Å². The summed E-state index contributed by atoms with van der Waals surface area (Å²) < 4.78 is 5.01. The minimum absolute atomic E-state index is 0.332. The van der Waals surface area contributed by atoms with Crippen LogP contribution < -0.4 is 26.6 Å². The molecule has 0 aliphatic rings. The van der Waals surface area contributed by atoms with Crippen molar-refractivity contribution in [2.24, 2.45) is 5.84 Å². The molecule has 0 radical (unpaired) electrons. The van der Waals surface area contributed by atoms with Crippen molar-refractivity contribution in [2.75, 3.05) is 17.7 Å². The molecule has 0 aromatic heterocycles. The Hall–Kier alpha value is -3.39. The van der Waals surface area contributed by atoms with Crippen LogP contribution in [0.1, 0.15) is 10.4 Å². The number of hydrogen-bond acceptors (Lipinski definition) is 5. The van der Waals surface area contributed by atoms with Crippen LogP contribution in [0.15, 0.2) is 48.5 Å². The van der Waals surface area contributed by atoms with E-state index in [1.165, 1.54) is 31.4 Å². The van der Waals surface area contributed by atoms with Gasteiger partial charge in [0.1, 0.15) is 5.75 Å². The number of nitrogen functional groups attached to an aromatic ring is 1. The maximum Gasteiger partial charge on any atom is 0.314 e. The lowest BCUT2D eigenvalue weighted by Gasteiger charge is -2.08. The summed E-state index contributed by atoms with van der Waals surface area (Å²) in [6.45, 7) is 0. The first-order valence-electron chi connectivity index (χ1n) is 6.91. The average Bonchev–Trinajstić information content (AvgIpc) is 2.62. The van der Waals surface area contributed by atoms with E-state index in [0.717, 1.165) is 0 Å². The van der Waals surface area contributed by atoms with E-state index in [-0.39, 0.29) is 0 Å². The van der Waals surface area contributed by atoms with E-state index >= 15 is 0 Å². The van der Waals surface area contributed by atoms with Crippen LogP contribution >= 0.6 is 0 Å². The van der Waals surface area contributed by atoms with Crippen LogP contribution in [0, 0.1) is 0 Å². The molecule has 0 saturated carbocycles. The van der Waals surface area contributed by atoms with Gasteiger partial charge in [-0.15, -0.1) is 0 Å². The Morgan fingerprint density at radius 3 is 1.71 bits per heavy atom. The Morgan fingerprint density at radius 2 is 1.29 bits per heavy atom. The zero-order chi connectivity index (χ0) is 17.5. The highest BCUT2D eigenvalue weighted by Crippen LogP contribution is 2.15. The normalized spacial score (nSPS) is 9.75. The third kappa shape index (κ3) is 4.31. The number of carbonyl (C=O) groups excluding carboxylic acids is 3. The fourth-order valence-electron chi connectivity index (χ4n) is 1.84. The number of nitrogens with two attached hydrogens (primary N) is 1. The lowest BCUT2D eigenvalue weighted by Crippen LogP contribution is -2.30. The molecule has 0 saturated heterocycles. The highest BCUT2D eigenvalue weighted by molar-refractivity contribution is 6.43. The number of methoxy groups -OCH3 is 1. The molecule has 0 spiro atoms. The molecule has 8 nitrogen and oxygen atoms in total. The first kappa shape index (κ1) is 17.0. The van der Waals surface area contributed by atoms with Crippen LogP contribution in [-0.2, 0) is 9.59 Å². The molecule has 24 heavy (non-hydrogen) atoms. The zero-order valence-electron chi connectivity index (χ0n) is 12.8. The molecular weight excluding hydrogens is 312 g/mol. The largest absolute Gasteiger partial charge is 0.497 e. The Kier molecular flexibility index (Phi) is 5.48. The van der Waals surface area contributed by atoms with Gasteiger partial charge in [0.2, 0.25) is 0 Å². The topological polar surface area (TPSA) is 123 Å². The van der Waals surface area contributed by atoms with E-state index in [0.29, 0.717) is 22.7 Å². The van der Waals surface area contributed by atoms with Gasteiger partial charge in [0.05, 0.1) is 7.11 Å². The second-order valence-corrected chi connectivity index (χ2v) is 4.69. The molecule has 0 atom stereocenters. The van der Waals surface area contributed by atoms with E-state index in [1.807, 2.05) is 5.43 Å². The molecule has 0 aliphatic heterocycles. The van der Waals surface area contributed by atoms with Crippen molar-refractivity contribution in [1.82, 2.24) is 5.43 Å². The van der Waals surface area contributed by atoms with Crippen LogP contribution in [0.5, 0.6) is 5.75 Å². The van der Waals surface area contributed by atoms with E-state index < -0.39 is 17.7 Å². The third-order valence-corrected chi connectivity index (χ3v) is 3.09. The summed E-state index contributed by atoms with van der Waals surface area (Å²) in [4.78, 5) is 35.0. The van der Waals surface area contributed by atoms with Crippen molar-refractivity contribution < 1.29 is 19.1 Å². The first-order valence-corrected chi connectivity index (χ1v) is 6.91. The minimum Gasteiger partial charge on any atom is -0.497 e. The highest BCUT2D eigenvalue weighted by Gasteiger charge is 2.14. The smallest absolute Gasteiger partial charge is 0.314 e. The highest BCUT2D eigenvalue weighted by atomic mass is 16.5. The number of nitrogens with one attached hydrogen (secondary N) is 3. The van der Waals surface area contributed by atoms with Gasteiger partial charge in [-0.2, -0.15) is 0 Å². The van der Waals surface area contributed by atoms with Crippen molar-refractivity contribution >= 4 is 29.1 Å². The van der Waals surface area contributed by atoms with Gasteiger partial charge < -0.3 is 15.4 Å². The maximum atomic E-state index is 11.9. The summed E-state index contributed by atoms with van der Waals surface area (Å²) in [5.41, 5.74) is 3.16. The first-order chi connectivity index (χ1) is 11.5. The molecule has 2 rings (SSSR count). The molecule has 0 bridgehead atoms. The molecule has 0 fully saturated rings. The number of anilines is 2. The Bertz CT molecular complexity index is 742. The SMILES string of the molecule is COc1ccc(NC(=O)C(=O)Nc2ccc(C(=O)NN)cc2)cc1. The monoisotopic (exact) mass is 328 g/mol. The summed E-state index contributed by atoms with van der Waals surface area (Å²) >= 11 is 0. The van der Waals surface area contributed by atoms with Gasteiger partial charge >= 0.3 is 11.8 Å². The predicted octanol–water partition coefficient (Wildman–Crippen LogP) is 0.876. The molecular formula is C16H16N4O4. The fourth-order valence-corrected chi connectivity index (χ4v) is 1.84. The van der Waals surface area contributed by atoms with E-state index in [9.17, 15) is 14.4 Å². The third-order valence-electron chi connectivity index (χ3n) is 3.09. The number of amides is 3. The van der Waals surface area contributed by atoms with Crippen molar-refractivity contribution in [3.8, 4) is 5.75 Å². The van der Waals surface area contributed by atoms with Gasteiger partial charge in [0.25, 0.3) is 5.91 Å². The lowest BCUT2D eigenvalue weighted by molar-refractivity contribution is -0.132. The summed E-state index contributed by atoms with van der Waals surface area (Å²) in [7, 11) is 1.53. The summed E-state index contributed by atoms with van der Waals surface area (Å²) in [5, 5.41) is 4.89. The van der Waals surface area contributed by atoms with Gasteiger partial charge in [0.15, 0.2) is 0 Å². The van der Waals surface area contributed by atoms with Gasteiger partial charge in [-0.1, -0.05) is 0 Å². The predicted molar refractivity (Wildman–Crippen MR) is 88.3 cm³/mol. The number of rotatable bonds is 4. The number of hydrogen-bond donors (Lipinski definition) is 4. The van der Waals surface area contributed by atoms with E-state index in [2.05, 4.69) is 10.6 Å². The number of hydrazine groups is 1. The lowest BCUT2D eigenvalue weighted by atomic mass is 10.2. The molecule has 0 aliphatic carbocycles.